The number of hydrogen-bond donors (Lipinski definition) is 1. The number of aromatic nitrogens is 1. The number of rotatable bonds is 4. The fourth-order valence-corrected chi connectivity index (χ4v) is 1.96. The molecule has 0 bridgehead atoms. The van der Waals surface area contributed by atoms with Gasteiger partial charge in [0.2, 0.25) is 0 Å². The lowest BCUT2D eigenvalue weighted by molar-refractivity contribution is 0.329. The van der Waals surface area contributed by atoms with Crippen molar-refractivity contribution >= 4 is 11.3 Å². The lowest BCUT2D eigenvalue weighted by Gasteiger charge is -2.08. The molecular formula is C11H12N2OS. The fourth-order valence-electron chi connectivity index (χ4n) is 1.29. The number of nitrogens with zero attached hydrogens (tertiary/aromatic N) is 1. The van der Waals surface area contributed by atoms with Gasteiger partial charge in [0.15, 0.2) is 0 Å². The van der Waals surface area contributed by atoms with Crippen molar-refractivity contribution in [2.75, 3.05) is 13.2 Å². The third-order valence-corrected chi connectivity index (χ3v) is 2.73. The Morgan fingerprint density at radius 2 is 2.20 bits per heavy atom. The second-order valence-electron chi connectivity index (χ2n) is 2.97. The molecule has 2 rings (SSSR count). The molecule has 2 N–H and O–H groups in total. The number of para-hydroxylation sites is 1. The van der Waals surface area contributed by atoms with Gasteiger partial charge in [0.25, 0.3) is 0 Å². The summed E-state index contributed by atoms with van der Waals surface area (Å²) in [6.45, 7) is 1.05. The molecule has 2 aromatic rings. The second kappa shape index (κ2) is 4.91. The smallest absolute Gasteiger partial charge is 0.129 e. The van der Waals surface area contributed by atoms with Gasteiger partial charge in [-0.3, -0.25) is 0 Å². The van der Waals surface area contributed by atoms with Gasteiger partial charge in [-0.1, -0.05) is 12.1 Å². The van der Waals surface area contributed by atoms with Crippen LogP contribution in [0.25, 0.3) is 10.6 Å². The molecule has 0 aliphatic heterocycles. The van der Waals surface area contributed by atoms with E-state index in [1.807, 2.05) is 29.6 Å². The first kappa shape index (κ1) is 10.1. The van der Waals surface area contributed by atoms with Gasteiger partial charge in [0.05, 0.1) is 5.56 Å². The molecule has 0 radical (unpaired) electrons. The lowest BCUT2D eigenvalue weighted by atomic mass is 10.2. The summed E-state index contributed by atoms with van der Waals surface area (Å²) in [7, 11) is 0. The van der Waals surface area contributed by atoms with Crippen molar-refractivity contribution in [3.05, 3.63) is 35.8 Å². The van der Waals surface area contributed by atoms with Gasteiger partial charge in [0.1, 0.15) is 17.4 Å². The Hall–Kier alpha value is -1.39. The molecule has 1 heterocycles. The summed E-state index contributed by atoms with van der Waals surface area (Å²) in [5.41, 5.74) is 6.44. The minimum atomic E-state index is 0.520. The number of benzene rings is 1. The van der Waals surface area contributed by atoms with Crippen LogP contribution in [-0.4, -0.2) is 18.1 Å². The van der Waals surface area contributed by atoms with Gasteiger partial charge in [-0.15, -0.1) is 11.3 Å². The van der Waals surface area contributed by atoms with Crippen LogP contribution in [-0.2, 0) is 0 Å². The Morgan fingerprint density at radius 3 is 2.93 bits per heavy atom. The molecule has 1 aromatic carbocycles. The van der Waals surface area contributed by atoms with Crippen molar-refractivity contribution in [1.82, 2.24) is 4.98 Å². The van der Waals surface area contributed by atoms with Crippen LogP contribution in [0.3, 0.4) is 0 Å². The Kier molecular flexibility index (Phi) is 3.32. The average Bonchev–Trinajstić information content (AvgIpc) is 2.80. The summed E-state index contributed by atoms with van der Waals surface area (Å²) in [6.07, 6.45) is 1.79. The highest BCUT2D eigenvalue weighted by Gasteiger charge is 2.06. The average molecular weight is 220 g/mol. The first-order chi connectivity index (χ1) is 7.42. The van der Waals surface area contributed by atoms with Crippen molar-refractivity contribution in [2.24, 2.45) is 5.73 Å². The standard InChI is InChI=1S/C11H12N2OS/c12-5-7-14-10-4-2-1-3-9(10)11-13-6-8-15-11/h1-4,6,8H,5,7,12H2. The van der Waals surface area contributed by atoms with Crippen LogP contribution in [0.15, 0.2) is 35.8 Å². The SMILES string of the molecule is NCCOc1ccccc1-c1nccs1. The minimum absolute atomic E-state index is 0.520. The highest BCUT2D eigenvalue weighted by atomic mass is 32.1. The van der Waals surface area contributed by atoms with E-state index < -0.39 is 0 Å². The molecule has 0 aliphatic carbocycles. The zero-order valence-corrected chi connectivity index (χ0v) is 9.04. The predicted molar refractivity (Wildman–Crippen MR) is 62.1 cm³/mol. The van der Waals surface area contributed by atoms with Crippen LogP contribution in [0.5, 0.6) is 5.75 Å². The Balaban J connectivity index is 2.30. The number of nitrogens with two attached hydrogens (primary N) is 1. The molecule has 0 spiro atoms. The summed E-state index contributed by atoms with van der Waals surface area (Å²) in [4.78, 5) is 4.26. The van der Waals surface area contributed by atoms with E-state index in [0.29, 0.717) is 13.2 Å². The minimum Gasteiger partial charge on any atom is -0.492 e. The highest BCUT2D eigenvalue weighted by Crippen LogP contribution is 2.30. The van der Waals surface area contributed by atoms with Crippen LogP contribution in [0.2, 0.25) is 0 Å². The van der Waals surface area contributed by atoms with Crippen molar-refractivity contribution in [3.63, 3.8) is 0 Å². The van der Waals surface area contributed by atoms with Crippen molar-refractivity contribution in [2.45, 2.75) is 0 Å². The second-order valence-corrected chi connectivity index (χ2v) is 3.87. The molecule has 78 valence electrons. The highest BCUT2D eigenvalue weighted by molar-refractivity contribution is 7.13. The van der Waals surface area contributed by atoms with Crippen LogP contribution < -0.4 is 10.5 Å². The van der Waals surface area contributed by atoms with E-state index in [4.69, 9.17) is 10.5 Å². The molecule has 1 aromatic heterocycles. The van der Waals surface area contributed by atoms with Crippen LogP contribution in [0.4, 0.5) is 0 Å². The van der Waals surface area contributed by atoms with Crippen molar-refractivity contribution in [1.29, 1.82) is 0 Å². The Labute approximate surface area is 92.5 Å². The normalized spacial score (nSPS) is 10.2. The van der Waals surface area contributed by atoms with Gasteiger partial charge >= 0.3 is 0 Å². The zero-order chi connectivity index (χ0) is 10.5. The quantitative estimate of drug-likeness (QED) is 0.858. The molecule has 0 fully saturated rings. The van der Waals surface area contributed by atoms with E-state index in [1.54, 1.807) is 17.5 Å². The van der Waals surface area contributed by atoms with Gasteiger partial charge in [0, 0.05) is 18.1 Å². The molecule has 0 aliphatic rings. The Bertz CT molecular complexity index is 414. The predicted octanol–water partition coefficient (Wildman–Crippen LogP) is 2.15. The summed E-state index contributed by atoms with van der Waals surface area (Å²) in [5, 5.41) is 2.93. The van der Waals surface area contributed by atoms with Crippen molar-refractivity contribution in [3.8, 4) is 16.3 Å². The Morgan fingerprint density at radius 1 is 1.33 bits per heavy atom. The van der Waals surface area contributed by atoms with E-state index in [0.717, 1.165) is 16.3 Å². The summed E-state index contributed by atoms with van der Waals surface area (Å²) in [5.74, 6) is 0.845. The van der Waals surface area contributed by atoms with Crippen LogP contribution in [0.1, 0.15) is 0 Å². The molecule has 0 unspecified atom stereocenters. The van der Waals surface area contributed by atoms with E-state index >= 15 is 0 Å². The first-order valence-electron chi connectivity index (χ1n) is 4.73. The number of hydrogen-bond acceptors (Lipinski definition) is 4. The molecule has 0 atom stereocenters. The number of thiazole rings is 1. The van der Waals surface area contributed by atoms with E-state index in [2.05, 4.69) is 4.98 Å². The van der Waals surface area contributed by atoms with E-state index in [-0.39, 0.29) is 0 Å². The molecule has 0 saturated heterocycles. The van der Waals surface area contributed by atoms with Gasteiger partial charge < -0.3 is 10.5 Å². The first-order valence-corrected chi connectivity index (χ1v) is 5.61. The third-order valence-electron chi connectivity index (χ3n) is 1.93. The van der Waals surface area contributed by atoms with E-state index in [9.17, 15) is 0 Å². The van der Waals surface area contributed by atoms with Gasteiger partial charge in [-0.2, -0.15) is 0 Å². The summed E-state index contributed by atoms with van der Waals surface area (Å²) >= 11 is 1.60. The molecule has 15 heavy (non-hydrogen) atoms. The zero-order valence-electron chi connectivity index (χ0n) is 8.22. The summed E-state index contributed by atoms with van der Waals surface area (Å²) in [6, 6.07) is 7.87. The maximum absolute atomic E-state index is 5.55. The van der Waals surface area contributed by atoms with Gasteiger partial charge in [-0.25, -0.2) is 4.98 Å². The maximum atomic E-state index is 5.55. The monoisotopic (exact) mass is 220 g/mol. The van der Waals surface area contributed by atoms with E-state index in [1.165, 1.54) is 0 Å². The largest absolute Gasteiger partial charge is 0.492 e. The van der Waals surface area contributed by atoms with Crippen LogP contribution in [0, 0.1) is 0 Å². The molecule has 0 saturated carbocycles. The summed E-state index contributed by atoms with van der Waals surface area (Å²) < 4.78 is 5.55. The number of ether oxygens (including phenoxy) is 1. The topological polar surface area (TPSA) is 48.1 Å². The third kappa shape index (κ3) is 2.34. The molecule has 4 heteroatoms. The lowest BCUT2D eigenvalue weighted by Crippen LogP contribution is -2.10. The van der Waals surface area contributed by atoms with Crippen LogP contribution >= 0.6 is 11.3 Å². The van der Waals surface area contributed by atoms with Crippen molar-refractivity contribution < 1.29 is 4.74 Å². The van der Waals surface area contributed by atoms with Gasteiger partial charge in [-0.05, 0) is 12.1 Å². The fraction of sp³-hybridized carbons (Fsp3) is 0.182. The molecular weight excluding hydrogens is 208 g/mol. The molecule has 0 amide bonds. The maximum Gasteiger partial charge on any atom is 0.129 e. The molecule has 3 nitrogen and oxygen atoms in total.